The third-order valence-electron chi connectivity index (χ3n) is 3.44. The fourth-order valence-corrected chi connectivity index (χ4v) is 4.05. The number of aliphatic carboxylic acids is 1. The van der Waals surface area contributed by atoms with E-state index in [1.807, 2.05) is 0 Å². The lowest BCUT2D eigenvalue weighted by molar-refractivity contribution is -0.386. The number of ether oxygens (including phenoxy) is 1. The third kappa shape index (κ3) is 2.74. The van der Waals surface area contributed by atoms with Gasteiger partial charge in [0.1, 0.15) is 6.04 Å². The van der Waals surface area contributed by atoms with Crippen LogP contribution in [0.2, 0.25) is 0 Å². The molecule has 9 nitrogen and oxygen atoms in total. The van der Waals surface area contributed by atoms with Crippen molar-refractivity contribution >= 4 is 21.7 Å². The van der Waals surface area contributed by atoms with Gasteiger partial charge in [-0.05, 0) is 25.0 Å². The zero-order valence-electron chi connectivity index (χ0n) is 11.6. The summed E-state index contributed by atoms with van der Waals surface area (Å²) in [5.41, 5.74) is -0.491. The van der Waals surface area contributed by atoms with Crippen molar-refractivity contribution in [3.8, 4) is 5.75 Å². The maximum absolute atomic E-state index is 12.5. The van der Waals surface area contributed by atoms with Gasteiger partial charge in [-0.1, -0.05) is 0 Å². The Morgan fingerprint density at radius 1 is 1.50 bits per heavy atom. The molecular formula is C12H14N2O7S. The minimum absolute atomic E-state index is 0.0686. The van der Waals surface area contributed by atoms with Gasteiger partial charge in [0.15, 0.2) is 5.75 Å². The average Bonchev–Trinajstić information content (AvgIpc) is 2.96. The van der Waals surface area contributed by atoms with Gasteiger partial charge < -0.3 is 9.84 Å². The molecule has 1 aromatic rings. The molecule has 0 aromatic heterocycles. The van der Waals surface area contributed by atoms with Crippen molar-refractivity contribution in [1.82, 2.24) is 4.31 Å². The molecular weight excluding hydrogens is 316 g/mol. The van der Waals surface area contributed by atoms with Crippen LogP contribution in [0.3, 0.4) is 0 Å². The number of nitrogens with zero attached hydrogens (tertiary/aromatic N) is 2. The molecule has 1 aliphatic heterocycles. The summed E-state index contributed by atoms with van der Waals surface area (Å²) in [7, 11) is -2.89. The van der Waals surface area contributed by atoms with Crippen LogP contribution in [0, 0.1) is 10.1 Å². The molecule has 0 bridgehead atoms. The van der Waals surface area contributed by atoms with Crippen molar-refractivity contribution in [2.24, 2.45) is 0 Å². The van der Waals surface area contributed by atoms with E-state index >= 15 is 0 Å². The van der Waals surface area contributed by atoms with E-state index < -0.39 is 32.6 Å². The molecule has 1 atom stereocenters. The van der Waals surface area contributed by atoms with Crippen LogP contribution < -0.4 is 4.74 Å². The van der Waals surface area contributed by atoms with E-state index in [9.17, 15) is 23.3 Å². The summed E-state index contributed by atoms with van der Waals surface area (Å²) in [4.78, 5) is 21.0. The first-order valence-corrected chi connectivity index (χ1v) is 7.80. The average molecular weight is 330 g/mol. The number of carbonyl (C=O) groups is 1. The van der Waals surface area contributed by atoms with Gasteiger partial charge in [-0.3, -0.25) is 14.9 Å². The van der Waals surface area contributed by atoms with Crippen LogP contribution in [-0.4, -0.2) is 48.4 Å². The molecule has 0 spiro atoms. The van der Waals surface area contributed by atoms with Crippen LogP contribution in [0.25, 0.3) is 0 Å². The number of nitro benzene ring substituents is 1. The Hall–Kier alpha value is -2.20. The van der Waals surface area contributed by atoms with Crippen molar-refractivity contribution in [2.75, 3.05) is 13.7 Å². The van der Waals surface area contributed by atoms with E-state index in [2.05, 4.69) is 0 Å². The number of benzene rings is 1. The number of carboxylic acid groups (broad SMARTS) is 1. The van der Waals surface area contributed by atoms with E-state index in [1.165, 1.54) is 19.2 Å². The highest BCUT2D eigenvalue weighted by Gasteiger charge is 2.40. The molecule has 0 saturated carbocycles. The first-order chi connectivity index (χ1) is 10.3. The topological polar surface area (TPSA) is 127 Å². The van der Waals surface area contributed by atoms with E-state index in [-0.39, 0.29) is 23.6 Å². The first-order valence-electron chi connectivity index (χ1n) is 6.36. The standard InChI is InChI=1S/C12H14N2O7S/c1-21-11-5-4-8(7-10(11)14(17)18)22(19,20)13-6-2-3-9(13)12(15)16/h4-5,7,9H,2-3,6H2,1H3,(H,15,16)/t9-/m1/s1. The molecule has 1 saturated heterocycles. The third-order valence-corrected chi connectivity index (χ3v) is 5.35. The van der Waals surface area contributed by atoms with Crippen LogP contribution in [0.15, 0.2) is 23.1 Å². The van der Waals surface area contributed by atoms with Gasteiger partial charge in [-0.2, -0.15) is 4.31 Å². The van der Waals surface area contributed by atoms with Crippen molar-refractivity contribution in [2.45, 2.75) is 23.8 Å². The van der Waals surface area contributed by atoms with E-state index in [0.29, 0.717) is 6.42 Å². The van der Waals surface area contributed by atoms with Crippen LogP contribution in [0.4, 0.5) is 5.69 Å². The molecule has 1 N–H and O–H groups in total. The highest BCUT2D eigenvalue weighted by molar-refractivity contribution is 7.89. The summed E-state index contributed by atoms with van der Waals surface area (Å²) in [6, 6.07) is 2.08. The molecule has 0 amide bonds. The lowest BCUT2D eigenvalue weighted by Crippen LogP contribution is -2.40. The van der Waals surface area contributed by atoms with Gasteiger partial charge in [0.2, 0.25) is 10.0 Å². The van der Waals surface area contributed by atoms with Gasteiger partial charge in [0, 0.05) is 12.6 Å². The summed E-state index contributed by atoms with van der Waals surface area (Å²) in [5, 5.41) is 20.1. The van der Waals surface area contributed by atoms with Crippen molar-refractivity contribution < 1.29 is 28.0 Å². The van der Waals surface area contributed by atoms with Crippen LogP contribution >= 0.6 is 0 Å². The van der Waals surface area contributed by atoms with Gasteiger partial charge in [-0.25, -0.2) is 8.42 Å². The lowest BCUT2D eigenvalue weighted by Gasteiger charge is -2.20. The number of sulfonamides is 1. The van der Waals surface area contributed by atoms with Crippen LogP contribution in [-0.2, 0) is 14.8 Å². The second-order valence-corrected chi connectivity index (χ2v) is 6.59. The summed E-state index contributed by atoms with van der Waals surface area (Å²) in [5.74, 6) is -1.30. The van der Waals surface area contributed by atoms with Crippen LogP contribution in [0.1, 0.15) is 12.8 Å². The lowest BCUT2D eigenvalue weighted by atomic mass is 10.2. The molecule has 1 aromatic carbocycles. The second kappa shape index (κ2) is 5.89. The quantitative estimate of drug-likeness (QED) is 0.626. The molecule has 0 radical (unpaired) electrons. The number of nitro groups is 1. The fourth-order valence-electron chi connectivity index (χ4n) is 2.38. The zero-order valence-corrected chi connectivity index (χ0v) is 12.4. The predicted molar refractivity (Wildman–Crippen MR) is 74.2 cm³/mol. The highest BCUT2D eigenvalue weighted by atomic mass is 32.2. The molecule has 120 valence electrons. The Balaban J connectivity index is 2.48. The molecule has 2 rings (SSSR count). The highest BCUT2D eigenvalue weighted by Crippen LogP contribution is 2.32. The normalized spacial score (nSPS) is 19.0. The fraction of sp³-hybridized carbons (Fsp3) is 0.417. The predicted octanol–water partition coefficient (Wildman–Crippen LogP) is 0.841. The first kappa shape index (κ1) is 16.2. The largest absolute Gasteiger partial charge is 0.490 e. The van der Waals surface area contributed by atoms with Crippen molar-refractivity contribution in [3.63, 3.8) is 0 Å². The number of methoxy groups -OCH3 is 1. The van der Waals surface area contributed by atoms with Crippen LogP contribution in [0.5, 0.6) is 5.75 Å². The molecule has 10 heteroatoms. The number of carboxylic acids is 1. The maximum atomic E-state index is 12.5. The summed E-state index contributed by atoms with van der Waals surface area (Å²) >= 11 is 0. The summed E-state index contributed by atoms with van der Waals surface area (Å²) < 4.78 is 30.7. The summed E-state index contributed by atoms with van der Waals surface area (Å²) in [6.07, 6.45) is 0.640. The van der Waals surface area contributed by atoms with Crippen molar-refractivity contribution in [3.05, 3.63) is 28.3 Å². The smallest absolute Gasteiger partial charge is 0.322 e. The number of rotatable bonds is 5. The van der Waals surface area contributed by atoms with Gasteiger partial charge >= 0.3 is 11.7 Å². The number of hydrogen-bond acceptors (Lipinski definition) is 6. The Bertz CT molecular complexity index is 716. The molecule has 22 heavy (non-hydrogen) atoms. The minimum Gasteiger partial charge on any atom is -0.490 e. The van der Waals surface area contributed by atoms with Crippen molar-refractivity contribution in [1.29, 1.82) is 0 Å². The second-order valence-electron chi connectivity index (χ2n) is 4.70. The summed E-state index contributed by atoms with van der Waals surface area (Å²) in [6.45, 7) is 0.0686. The van der Waals surface area contributed by atoms with E-state index in [0.717, 1.165) is 10.4 Å². The molecule has 1 fully saturated rings. The Kier molecular flexibility index (Phi) is 4.33. The SMILES string of the molecule is COc1ccc(S(=O)(=O)N2CCC[C@@H]2C(=O)O)cc1[N+](=O)[O-]. The molecule has 1 aliphatic rings. The maximum Gasteiger partial charge on any atom is 0.322 e. The molecule has 0 aliphatic carbocycles. The molecule has 0 unspecified atom stereocenters. The molecule has 1 heterocycles. The Labute approximate surface area is 126 Å². The minimum atomic E-state index is -4.12. The van der Waals surface area contributed by atoms with E-state index in [4.69, 9.17) is 9.84 Å². The van der Waals surface area contributed by atoms with Gasteiger partial charge in [0.25, 0.3) is 0 Å². The number of hydrogen-bond donors (Lipinski definition) is 1. The van der Waals surface area contributed by atoms with Gasteiger partial charge in [0.05, 0.1) is 16.9 Å². The zero-order chi connectivity index (χ0) is 16.5. The Morgan fingerprint density at radius 2 is 2.18 bits per heavy atom. The van der Waals surface area contributed by atoms with Gasteiger partial charge in [-0.15, -0.1) is 0 Å². The Morgan fingerprint density at radius 3 is 2.73 bits per heavy atom. The van der Waals surface area contributed by atoms with E-state index in [1.54, 1.807) is 0 Å². The monoisotopic (exact) mass is 330 g/mol.